The number of aromatic nitrogens is 1. The minimum Gasteiger partial charge on any atom is -0.351 e. The summed E-state index contributed by atoms with van der Waals surface area (Å²) in [6.07, 6.45) is 3.50. The average molecular weight is 315 g/mol. The van der Waals surface area contributed by atoms with Crippen molar-refractivity contribution in [2.45, 2.75) is 39.5 Å². The Morgan fingerprint density at radius 3 is 2.52 bits per heavy atom. The molecule has 1 aromatic carbocycles. The summed E-state index contributed by atoms with van der Waals surface area (Å²) in [5.41, 5.74) is 1.87. The zero-order valence-corrected chi connectivity index (χ0v) is 13.4. The van der Waals surface area contributed by atoms with Crippen molar-refractivity contribution in [3.8, 4) is 0 Å². The maximum atomic E-state index is 12.0. The van der Waals surface area contributed by atoms with E-state index in [0.29, 0.717) is 23.5 Å². The minimum absolute atomic E-state index is 0.0206. The van der Waals surface area contributed by atoms with E-state index in [1.54, 1.807) is 37.3 Å². The molecule has 1 heterocycles. The summed E-state index contributed by atoms with van der Waals surface area (Å²) in [6, 6.07) is 8.57. The molecule has 2 N–H and O–H groups in total. The summed E-state index contributed by atoms with van der Waals surface area (Å²) in [6.45, 7) is 3.84. The molecule has 0 fully saturated rings. The van der Waals surface area contributed by atoms with Gasteiger partial charge < -0.3 is 15.2 Å². The molecule has 23 heavy (non-hydrogen) atoms. The molecule has 0 radical (unpaired) electrons. The number of hydrogen-bond donors (Lipinski definition) is 2. The molecule has 0 aliphatic heterocycles. The predicted molar refractivity (Wildman–Crippen MR) is 88.4 cm³/mol. The lowest BCUT2D eigenvalue weighted by Gasteiger charge is -2.08. The maximum absolute atomic E-state index is 12.0. The molecule has 2 aromatic rings. The molecule has 122 valence electrons. The molecule has 1 aromatic heterocycles. The van der Waals surface area contributed by atoms with Crippen molar-refractivity contribution in [2.75, 3.05) is 10.6 Å². The number of unbranched alkanes of at least 4 members (excludes halogenated alkanes) is 2. The molecule has 2 amide bonds. The number of amides is 2. The summed E-state index contributed by atoms with van der Waals surface area (Å²) in [5.74, 6) is -0.249. The molecular formula is C17H21N3O3. The molecule has 0 atom stereocenters. The minimum atomic E-state index is -0.378. The molecular weight excluding hydrogens is 294 g/mol. The Kier molecular flexibility index (Phi) is 5.91. The second kappa shape index (κ2) is 8.12. The molecule has 0 bridgehead atoms. The monoisotopic (exact) mass is 315 g/mol. The van der Waals surface area contributed by atoms with Gasteiger partial charge in [0, 0.05) is 23.9 Å². The fraction of sp³-hybridized carbons (Fsp3) is 0.353. The van der Waals surface area contributed by atoms with Crippen molar-refractivity contribution in [1.82, 2.24) is 5.16 Å². The summed E-state index contributed by atoms with van der Waals surface area (Å²) in [7, 11) is 0. The lowest BCUT2D eigenvalue weighted by Crippen LogP contribution is -2.13. The number of anilines is 2. The third kappa shape index (κ3) is 5.25. The summed E-state index contributed by atoms with van der Waals surface area (Å²) < 4.78 is 4.92. The van der Waals surface area contributed by atoms with Crippen LogP contribution in [-0.4, -0.2) is 17.0 Å². The first-order chi connectivity index (χ1) is 11.1. The Hall–Kier alpha value is -2.63. The SMILES string of the molecule is CCCCCC(=O)Nc1cccc(NC(=O)c2cc(C)no2)c1. The van der Waals surface area contributed by atoms with Crippen LogP contribution in [0.3, 0.4) is 0 Å². The number of rotatable bonds is 7. The highest BCUT2D eigenvalue weighted by molar-refractivity contribution is 6.02. The van der Waals surface area contributed by atoms with E-state index in [-0.39, 0.29) is 17.6 Å². The first kappa shape index (κ1) is 16.7. The topological polar surface area (TPSA) is 84.2 Å². The van der Waals surface area contributed by atoms with Crippen molar-refractivity contribution >= 4 is 23.2 Å². The molecule has 0 aliphatic carbocycles. The van der Waals surface area contributed by atoms with E-state index in [1.165, 1.54) is 0 Å². The molecule has 6 heteroatoms. The molecule has 2 rings (SSSR count). The number of aryl methyl sites for hydroxylation is 1. The number of benzene rings is 1. The third-order valence-electron chi connectivity index (χ3n) is 3.26. The van der Waals surface area contributed by atoms with Gasteiger partial charge in [0.05, 0.1) is 5.69 Å². The van der Waals surface area contributed by atoms with E-state index in [1.807, 2.05) is 0 Å². The molecule has 0 unspecified atom stereocenters. The smallest absolute Gasteiger partial charge is 0.294 e. The van der Waals surface area contributed by atoms with Crippen molar-refractivity contribution in [1.29, 1.82) is 0 Å². The van der Waals surface area contributed by atoms with Crippen LogP contribution in [0.25, 0.3) is 0 Å². The van der Waals surface area contributed by atoms with Gasteiger partial charge in [-0.05, 0) is 31.5 Å². The van der Waals surface area contributed by atoms with E-state index >= 15 is 0 Å². The summed E-state index contributed by atoms with van der Waals surface area (Å²) in [5, 5.41) is 9.22. The Labute approximate surface area is 135 Å². The first-order valence-electron chi connectivity index (χ1n) is 7.73. The van der Waals surface area contributed by atoms with E-state index in [0.717, 1.165) is 19.3 Å². The van der Waals surface area contributed by atoms with Crippen molar-refractivity contribution in [2.24, 2.45) is 0 Å². The highest BCUT2D eigenvalue weighted by atomic mass is 16.5. The van der Waals surface area contributed by atoms with Crippen LogP contribution in [0.2, 0.25) is 0 Å². The number of carbonyl (C=O) groups excluding carboxylic acids is 2. The normalized spacial score (nSPS) is 10.3. The van der Waals surface area contributed by atoms with Crippen molar-refractivity contribution in [3.63, 3.8) is 0 Å². The molecule has 0 aliphatic rings. The molecule has 0 spiro atoms. The van der Waals surface area contributed by atoms with Gasteiger partial charge in [-0.15, -0.1) is 0 Å². The Bertz CT molecular complexity index is 679. The zero-order chi connectivity index (χ0) is 16.7. The first-order valence-corrected chi connectivity index (χ1v) is 7.73. The second-order valence-corrected chi connectivity index (χ2v) is 5.37. The van der Waals surface area contributed by atoms with Gasteiger partial charge in [-0.25, -0.2) is 0 Å². The Morgan fingerprint density at radius 2 is 1.87 bits per heavy atom. The fourth-order valence-corrected chi connectivity index (χ4v) is 2.10. The van der Waals surface area contributed by atoms with Crippen molar-refractivity contribution < 1.29 is 14.1 Å². The van der Waals surface area contributed by atoms with Gasteiger partial charge >= 0.3 is 0 Å². The van der Waals surface area contributed by atoms with Crippen LogP contribution < -0.4 is 10.6 Å². The predicted octanol–water partition coefficient (Wildman–Crippen LogP) is 3.75. The van der Waals surface area contributed by atoms with E-state index in [2.05, 4.69) is 22.7 Å². The average Bonchev–Trinajstić information content (AvgIpc) is 2.94. The van der Waals surface area contributed by atoms with E-state index in [4.69, 9.17) is 4.52 Å². The van der Waals surface area contributed by atoms with Crippen LogP contribution in [0.5, 0.6) is 0 Å². The Morgan fingerprint density at radius 1 is 1.13 bits per heavy atom. The Balaban J connectivity index is 1.94. The van der Waals surface area contributed by atoms with Gasteiger partial charge in [0.25, 0.3) is 5.91 Å². The number of nitrogens with one attached hydrogen (secondary N) is 2. The molecule has 6 nitrogen and oxygen atoms in total. The molecule has 0 saturated carbocycles. The lowest BCUT2D eigenvalue weighted by atomic mass is 10.2. The number of carbonyl (C=O) groups is 2. The van der Waals surface area contributed by atoms with Gasteiger partial charge in [-0.1, -0.05) is 31.0 Å². The van der Waals surface area contributed by atoms with Crippen LogP contribution in [0.15, 0.2) is 34.9 Å². The lowest BCUT2D eigenvalue weighted by molar-refractivity contribution is -0.116. The maximum Gasteiger partial charge on any atom is 0.294 e. The van der Waals surface area contributed by atoms with Crippen LogP contribution in [-0.2, 0) is 4.79 Å². The third-order valence-corrected chi connectivity index (χ3v) is 3.26. The molecule has 0 saturated heterocycles. The van der Waals surface area contributed by atoms with E-state index < -0.39 is 0 Å². The van der Waals surface area contributed by atoms with Crippen LogP contribution >= 0.6 is 0 Å². The summed E-state index contributed by atoms with van der Waals surface area (Å²) >= 11 is 0. The largest absolute Gasteiger partial charge is 0.351 e. The highest BCUT2D eigenvalue weighted by Crippen LogP contribution is 2.17. The zero-order valence-electron chi connectivity index (χ0n) is 13.4. The van der Waals surface area contributed by atoms with Crippen molar-refractivity contribution in [3.05, 3.63) is 41.8 Å². The number of nitrogens with zero attached hydrogens (tertiary/aromatic N) is 1. The quantitative estimate of drug-likeness (QED) is 0.762. The second-order valence-electron chi connectivity index (χ2n) is 5.37. The standard InChI is InChI=1S/C17H21N3O3/c1-3-4-5-9-16(21)18-13-7-6-8-14(11-13)19-17(22)15-10-12(2)20-23-15/h6-8,10-11H,3-5,9H2,1-2H3,(H,18,21)(H,19,22). The highest BCUT2D eigenvalue weighted by Gasteiger charge is 2.12. The van der Waals surface area contributed by atoms with Gasteiger partial charge in [0.2, 0.25) is 11.7 Å². The van der Waals surface area contributed by atoms with Crippen LogP contribution in [0, 0.1) is 6.92 Å². The van der Waals surface area contributed by atoms with E-state index in [9.17, 15) is 9.59 Å². The van der Waals surface area contributed by atoms with Gasteiger partial charge in [-0.2, -0.15) is 0 Å². The fourth-order valence-electron chi connectivity index (χ4n) is 2.10. The van der Waals surface area contributed by atoms with Gasteiger partial charge in [0.1, 0.15) is 0 Å². The van der Waals surface area contributed by atoms with Gasteiger partial charge in [-0.3, -0.25) is 9.59 Å². The van der Waals surface area contributed by atoms with Gasteiger partial charge in [0.15, 0.2) is 0 Å². The van der Waals surface area contributed by atoms with Crippen LogP contribution in [0.1, 0.15) is 48.9 Å². The number of hydrogen-bond acceptors (Lipinski definition) is 4. The summed E-state index contributed by atoms with van der Waals surface area (Å²) in [4.78, 5) is 23.8. The van der Waals surface area contributed by atoms with Crippen LogP contribution in [0.4, 0.5) is 11.4 Å².